The fourth-order valence-electron chi connectivity index (χ4n) is 10.3. The third-order valence-electron chi connectivity index (χ3n) is 15.8. The normalized spacial score (nSPS) is 14.1. The lowest BCUT2D eigenvalue weighted by molar-refractivity contribution is -0.161. The van der Waals surface area contributed by atoms with Gasteiger partial charge in [0.15, 0.2) is 12.2 Å². The molecule has 3 N–H and O–H groups in total. The Morgan fingerprint density at radius 3 is 0.782 bits per heavy atom. The van der Waals surface area contributed by atoms with Crippen molar-refractivity contribution in [3.63, 3.8) is 0 Å². The quantitative estimate of drug-likeness (QED) is 0.0222. The zero-order valence-corrected chi connectivity index (χ0v) is 57.9. The zero-order valence-electron chi connectivity index (χ0n) is 56.2. The molecule has 87 heavy (non-hydrogen) atoms. The van der Waals surface area contributed by atoms with Crippen molar-refractivity contribution in [3.8, 4) is 0 Å². The summed E-state index contributed by atoms with van der Waals surface area (Å²) in [5.74, 6) is -1.35. The van der Waals surface area contributed by atoms with Crippen molar-refractivity contribution in [1.82, 2.24) is 0 Å². The van der Waals surface area contributed by atoms with E-state index in [0.717, 1.165) is 121 Å². The van der Waals surface area contributed by atoms with Crippen LogP contribution in [0.15, 0.2) is 0 Å². The number of aliphatic hydroxyl groups is 1. The molecule has 0 aliphatic rings. The molecular weight excluding hydrogens is 1150 g/mol. The predicted octanol–water partition coefficient (Wildman–Crippen LogP) is 19.4. The van der Waals surface area contributed by atoms with Gasteiger partial charge in [0.05, 0.1) is 26.4 Å². The van der Waals surface area contributed by atoms with Gasteiger partial charge in [0.1, 0.15) is 19.3 Å². The Balaban J connectivity index is 5.15. The van der Waals surface area contributed by atoms with E-state index in [0.29, 0.717) is 25.7 Å². The third kappa shape index (κ3) is 62.6. The van der Waals surface area contributed by atoms with Crippen LogP contribution in [0.3, 0.4) is 0 Å². The van der Waals surface area contributed by atoms with E-state index in [1.165, 1.54) is 148 Å². The lowest BCUT2D eigenvalue weighted by atomic mass is 10.0. The van der Waals surface area contributed by atoms with Crippen LogP contribution in [-0.4, -0.2) is 96.7 Å². The topological polar surface area (TPSA) is 237 Å². The Kier molecular flexibility index (Phi) is 60.2. The van der Waals surface area contributed by atoms with Crippen LogP contribution in [0.1, 0.15) is 349 Å². The van der Waals surface area contributed by atoms with E-state index in [-0.39, 0.29) is 25.7 Å². The summed E-state index contributed by atoms with van der Waals surface area (Å²) in [6.07, 6.45) is 47.5. The van der Waals surface area contributed by atoms with Crippen LogP contribution in [0.4, 0.5) is 0 Å². The highest BCUT2D eigenvalue weighted by Gasteiger charge is 2.30. The van der Waals surface area contributed by atoms with E-state index in [4.69, 9.17) is 37.0 Å². The number of esters is 4. The van der Waals surface area contributed by atoms with Gasteiger partial charge in [0.25, 0.3) is 0 Å². The monoisotopic (exact) mass is 1280 g/mol. The Morgan fingerprint density at radius 1 is 0.310 bits per heavy atom. The van der Waals surface area contributed by atoms with Crippen molar-refractivity contribution < 1.29 is 80.2 Å². The Labute approximate surface area is 530 Å². The number of phosphoric acid groups is 2. The maximum Gasteiger partial charge on any atom is 0.472 e. The lowest BCUT2D eigenvalue weighted by Crippen LogP contribution is -2.30. The fraction of sp³-hybridized carbons (Fsp3) is 0.941. The van der Waals surface area contributed by atoms with Crippen LogP contribution in [0, 0.1) is 5.92 Å². The maximum absolute atomic E-state index is 13.0. The van der Waals surface area contributed by atoms with Crippen LogP contribution in [0.25, 0.3) is 0 Å². The molecule has 0 heterocycles. The second-order valence-corrected chi connectivity index (χ2v) is 27.9. The van der Waals surface area contributed by atoms with Crippen LogP contribution >= 0.6 is 15.6 Å². The van der Waals surface area contributed by atoms with Crippen molar-refractivity contribution in [1.29, 1.82) is 0 Å². The molecule has 5 atom stereocenters. The fourth-order valence-corrected chi connectivity index (χ4v) is 11.9. The van der Waals surface area contributed by atoms with Gasteiger partial charge in [-0.2, -0.15) is 0 Å². The molecule has 0 aromatic heterocycles. The second-order valence-electron chi connectivity index (χ2n) is 25.0. The van der Waals surface area contributed by atoms with E-state index in [1.807, 2.05) is 0 Å². The molecular formula is C68H132O17P2. The summed E-state index contributed by atoms with van der Waals surface area (Å²) in [5, 5.41) is 10.5. The summed E-state index contributed by atoms with van der Waals surface area (Å²) in [4.78, 5) is 72.2. The maximum atomic E-state index is 13.0. The van der Waals surface area contributed by atoms with Crippen molar-refractivity contribution in [2.75, 3.05) is 39.6 Å². The molecule has 516 valence electrons. The highest BCUT2D eigenvalue weighted by atomic mass is 31.2. The van der Waals surface area contributed by atoms with Gasteiger partial charge in [-0.15, -0.1) is 0 Å². The molecule has 0 rings (SSSR count). The molecule has 0 aromatic rings. The standard InChI is InChI=1S/C68H132O17P2/c1-6-9-12-15-18-19-20-21-22-23-24-25-26-31-34-39-44-49-54-68(73)85-64(58-79-66(71)52-47-42-38-33-30-28-27-29-32-37-40-45-50-61(4)5)60-83-87(76,77)81-56-62(69)55-80-86(74,75)82-59-63(84-67(72)53-48-43-36-17-14-11-8-3)57-78-65(70)51-46-41-35-16-13-10-7-2/h61-64,69H,6-60H2,1-5H3,(H,74,75)(H,76,77)/t62-,63+,64+/m0/s1. The molecule has 0 aliphatic carbocycles. The van der Waals surface area contributed by atoms with Gasteiger partial charge in [-0.05, 0) is 31.6 Å². The van der Waals surface area contributed by atoms with Crippen LogP contribution < -0.4 is 0 Å². The van der Waals surface area contributed by atoms with Crippen molar-refractivity contribution in [2.45, 2.75) is 368 Å². The largest absolute Gasteiger partial charge is 0.472 e. The smallest absolute Gasteiger partial charge is 0.462 e. The van der Waals surface area contributed by atoms with E-state index < -0.39 is 97.5 Å². The third-order valence-corrected chi connectivity index (χ3v) is 17.7. The van der Waals surface area contributed by atoms with Crippen molar-refractivity contribution in [2.24, 2.45) is 5.92 Å². The van der Waals surface area contributed by atoms with E-state index in [9.17, 15) is 43.2 Å². The lowest BCUT2D eigenvalue weighted by Gasteiger charge is -2.21. The molecule has 0 radical (unpaired) electrons. The van der Waals surface area contributed by atoms with Gasteiger partial charge in [-0.3, -0.25) is 37.3 Å². The van der Waals surface area contributed by atoms with Gasteiger partial charge in [-0.25, -0.2) is 9.13 Å². The summed E-state index contributed by atoms with van der Waals surface area (Å²) in [6.45, 7) is 7.16. The average Bonchev–Trinajstić information content (AvgIpc) is 3.69. The molecule has 0 bridgehead atoms. The number of carbonyl (C=O) groups is 4. The van der Waals surface area contributed by atoms with Gasteiger partial charge < -0.3 is 33.8 Å². The summed E-state index contributed by atoms with van der Waals surface area (Å²) in [7, 11) is -9.88. The zero-order chi connectivity index (χ0) is 64.2. The number of hydrogen-bond acceptors (Lipinski definition) is 15. The van der Waals surface area contributed by atoms with Gasteiger partial charge in [0, 0.05) is 25.7 Å². The highest BCUT2D eigenvalue weighted by molar-refractivity contribution is 7.47. The van der Waals surface area contributed by atoms with E-state index in [1.54, 1.807) is 0 Å². The van der Waals surface area contributed by atoms with E-state index >= 15 is 0 Å². The second kappa shape index (κ2) is 61.6. The number of ether oxygens (including phenoxy) is 4. The minimum absolute atomic E-state index is 0.104. The first-order valence-electron chi connectivity index (χ1n) is 35.6. The number of aliphatic hydroxyl groups excluding tert-OH is 1. The Morgan fingerprint density at radius 2 is 0.529 bits per heavy atom. The molecule has 0 aliphatic heterocycles. The van der Waals surface area contributed by atoms with Gasteiger partial charge in [0.2, 0.25) is 0 Å². The van der Waals surface area contributed by atoms with Gasteiger partial charge >= 0.3 is 39.5 Å². The summed E-state index contributed by atoms with van der Waals surface area (Å²) >= 11 is 0. The van der Waals surface area contributed by atoms with Crippen LogP contribution in [0.2, 0.25) is 0 Å². The molecule has 0 spiro atoms. The predicted molar refractivity (Wildman–Crippen MR) is 349 cm³/mol. The average molecular weight is 1280 g/mol. The SMILES string of the molecule is CCCCCCCCCCCCCCCCCCCCC(=O)O[C@H](COC(=O)CCCCCCCCCCCCCCC(C)C)COP(=O)(O)OC[C@@H](O)COP(=O)(O)OC[C@@H](COC(=O)CCCCCCCCC)OC(=O)CCCCCCCCC. The highest BCUT2D eigenvalue weighted by Crippen LogP contribution is 2.45. The summed E-state index contributed by atoms with van der Waals surface area (Å²) < 4.78 is 68.0. The van der Waals surface area contributed by atoms with Crippen molar-refractivity contribution in [3.05, 3.63) is 0 Å². The molecule has 0 fully saturated rings. The number of hydrogen-bond donors (Lipinski definition) is 3. The first-order valence-corrected chi connectivity index (χ1v) is 38.6. The number of carbonyl (C=O) groups excluding carboxylic acids is 4. The first-order chi connectivity index (χ1) is 42.0. The Hall–Kier alpha value is -1.94. The summed E-state index contributed by atoms with van der Waals surface area (Å²) in [6, 6.07) is 0. The van der Waals surface area contributed by atoms with Crippen LogP contribution in [0.5, 0.6) is 0 Å². The number of rotatable bonds is 68. The minimum atomic E-state index is -4.95. The number of unbranched alkanes of at least 4 members (excludes halogenated alkanes) is 40. The molecule has 0 saturated heterocycles. The molecule has 0 amide bonds. The minimum Gasteiger partial charge on any atom is -0.462 e. The molecule has 2 unspecified atom stereocenters. The van der Waals surface area contributed by atoms with Gasteiger partial charge in [-0.1, -0.05) is 298 Å². The molecule has 0 saturated carbocycles. The number of phosphoric ester groups is 2. The summed E-state index contributed by atoms with van der Waals surface area (Å²) in [5.41, 5.74) is 0. The first kappa shape index (κ1) is 85.1. The molecule has 19 heteroatoms. The molecule has 17 nitrogen and oxygen atoms in total. The van der Waals surface area contributed by atoms with E-state index in [2.05, 4.69) is 34.6 Å². The Bertz CT molecular complexity index is 1690. The van der Waals surface area contributed by atoms with Crippen molar-refractivity contribution >= 4 is 39.5 Å². The van der Waals surface area contributed by atoms with Crippen LogP contribution in [-0.2, 0) is 65.4 Å². The molecule has 0 aromatic carbocycles.